The molecule has 0 bridgehead atoms. The molecular formula is C31H31F3O7S. The van der Waals surface area contributed by atoms with Gasteiger partial charge in [0, 0.05) is 12.2 Å². The first-order chi connectivity index (χ1) is 20.1. The normalized spacial score (nSPS) is 25.5. The third kappa shape index (κ3) is 7.11. The van der Waals surface area contributed by atoms with Crippen molar-refractivity contribution < 1.29 is 46.3 Å². The fourth-order valence-corrected chi connectivity index (χ4v) is 5.26. The Balaban J connectivity index is 1.49. The summed E-state index contributed by atoms with van der Waals surface area (Å²) in [6.07, 6.45) is -11.2. The van der Waals surface area contributed by atoms with Crippen LogP contribution in [0.15, 0.2) is 91.0 Å². The van der Waals surface area contributed by atoms with Crippen LogP contribution >= 0.6 is 12.2 Å². The molecular weight excluding hydrogens is 573 g/mol. The molecule has 2 aliphatic rings. The molecule has 42 heavy (non-hydrogen) atoms. The maximum absolute atomic E-state index is 15.0. The van der Waals surface area contributed by atoms with Crippen molar-refractivity contribution >= 4 is 17.5 Å². The van der Waals surface area contributed by atoms with Gasteiger partial charge in [-0.05, 0) is 37.1 Å². The molecule has 3 aromatic carbocycles. The van der Waals surface area contributed by atoms with Gasteiger partial charge in [0.25, 0.3) is 0 Å². The SMILES string of the molecule is CC1(C)O[C@H]2O[C@@](COCc3ccccc3)(C(OC(=S)Oc3ccccc3)C(F)(F)F)[C@@H](OCc3ccccc3)[C@H]2O1. The first kappa shape index (κ1) is 30.4. The van der Waals surface area contributed by atoms with Crippen LogP contribution in [0.1, 0.15) is 25.0 Å². The van der Waals surface area contributed by atoms with Gasteiger partial charge in [-0.15, -0.1) is 0 Å². The van der Waals surface area contributed by atoms with E-state index in [2.05, 4.69) is 0 Å². The van der Waals surface area contributed by atoms with E-state index in [9.17, 15) is 0 Å². The summed E-state index contributed by atoms with van der Waals surface area (Å²) >= 11 is 5.13. The highest BCUT2D eigenvalue weighted by Gasteiger charge is 2.71. The predicted octanol–water partition coefficient (Wildman–Crippen LogP) is 6.35. The maximum Gasteiger partial charge on any atom is 0.428 e. The predicted molar refractivity (Wildman–Crippen MR) is 149 cm³/mol. The number of benzene rings is 3. The second-order valence-electron chi connectivity index (χ2n) is 10.4. The molecule has 0 N–H and O–H groups in total. The monoisotopic (exact) mass is 604 g/mol. The summed E-state index contributed by atoms with van der Waals surface area (Å²) in [6, 6.07) is 26.2. The fourth-order valence-electron chi connectivity index (χ4n) is 5.07. The lowest BCUT2D eigenvalue weighted by Crippen LogP contribution is -2.63. The van der Waals surface area contributed by atoms with Crippen molar-refractivity contribution in [1.82, 2.24) is 0 Å². The van der Waals surface area contributed by atoms with Crippen LogP contribution in [0.4, 0.5) is 13.2 Å². The molecule has 2 fully saturated rings. The fraction of sp³-hybridized carbons (Fsp3) is 0.387. The van der Waals surface area contributed by atoms with Gasteiger partial charge in [-0.1, -0.05) is 78.9 Å². The Morgan fingerprint density at radius 3 is 2.00 bits per heavy atom. The van der Waals surface area contributed by atoms with E-state index in [1.807, 2.05) is 24.3 Å². The Bertz CT molecular complexity index is 1310. The second-order valence-corrected chi connectivity index (χ2v) is 10.8. The average Bonchev–Trinajstić information content (AvgIpc) is 3.40. The molecule has 11 heteroatoms. The molecule has 0 spiro atoms. The third-order valence-corrected chi connectivity index (χ3v) is 6.99. The number of fused-ring (bicyclic) bond motifs is 1. The zero-order valence-corrected chi connectivity index (χ0v) is 23.8. The largest absolute Gasteiger partial charge is 0.440 e. The first-order valence-electron chi connectivity index (χ1n) is 13.4. The lowest BCUT2D eigenvalue weighted by atomic mass is 9.88. The standard InChI is InChI=1S/C31H31F3O7S/c1-29(2)39-24-25(36-19-22-14-8-4-9-15-22)30(41-26(24)40-29,20-35-18-21-12-6-3-7-13-21)27(31(32,33)34)38-28(42)37-23-16-10-5-11-17-23/h3-17,24-27H,18-20H2,1-2H3/t24-,25+,26+,27?,30-/m1/s1. The number of alkyl halides is 3. The Hall–Kier alpha value is -3.06. The van der Waals surface area contributed by atoms with Crippen LogP contribution in [0.25, 0.3) is 0 Å². The number of hydrogen-bond donors (Lipinski definition) is 0. The van der Waals surface area contributed by atoms with Crippen LogP contribution in [0.5, 0.6) is 5.75 Å². The lowest BCUT2D eigenvalue weighted by Gasteiger charge is -2.41. The number of thiocarbonyl (C=S) groups is 1. The van der Waals surface area contributed by atoms with E-state index in [4.69, 9.17) is 45.4 Å². The molecule has 0 aliphatic carbocycles. The van der Waals surface area contributed by atoms with E-state index in [1.165, 1.54) is 0 Å². The summed E-state index contributed by atoms with van der Waals surface area (Å²) in [4.78, 5) is 0. The molecule has 1 unspecified atom stereocenters. The van der Waals surface area contributed by atoms with Gasteiger partial charge in [0.15, 0.2) is 17.7 Å². The zero-order chi connectivity index (χ0) is 29.8. The number of rotatable bonds is 10. The van der Waals surface area contributed by atoms with Crippen molar-refractivity contribution in [2.75, 3.05) is 6.61 Å². The minimum Gasteiger partial charge on any atom is -0.440 e. The van der Waals surface area contributed by atoms with E-state index in [0.717, 1.165) is 11.1 Å². The van der Waals surface area contributed by atoms with E-state index in [1.54, 1.807) is 80.6 Å². The smallest absolute Gasteiger partial charge is 0.428 e. The van der Waals surface area contributed by atoms with Crippen molar-refractivity contribution in [3.63, 3.8) is 0 Å². The molecule has 0 saturated carbocycles. The van der Waals surface area contributed by atoms with Crippen LogP contribution < -0.4 is 4.74 Å². The van der Waals surface area contributed by atoms with E-state index in [0.29, 0.717) is 0 Å². The van der Waals surface area contributed by atoms with Crippen LogP contribution in [0.3, 0.4) is 0 Å². The summed E-state index contributed by atoms with van der Waals surface area (Å²) in [5, 5.41) is -0.740. The highest BCUT2D eigenvalue weighted by atomic mass is 32.1. The van der Waals surface area contributed by atoms with Gasteiger partial charge in [-0.2, -0.15) is 13.2 Å². The Morgan fingerprint density at radius 2 is 1.40 bits per heavy atom. The molecule has 2 heterocycles. The summed E-state index contributed by atoms with van der Waals surface area (Å²) in [5.41, 5.74) is -0.795. The number of para-hydroxylation sites is 1. The topological polar surface area (TPSA) is 64.6 Å². The minimum atomic E-state index is -5.00. The van der Waals surface area contributed by atoms with E-state index >= 15 is 13.2 Å². The quantitative estimate of drug-likeness (QED) is 0.248. The Kier molecular flexibility index (Phi) is 9.17. The van der Waals surface area contributed by atoms with Crippen molar-refractivity contribution in [3.8, 4) is 5.75 Å². The summed E-state index contributed by atoms with van der Waals surface area (Å²) in [7, 11) is 0. The van der Waals surface area contributed by atoms with Crippen LogP contribution in [-0.4, -0.2) is 54.0 Å². The molecule has 7 nitrogen and oxygen atoms in total. The van der Waals surface area contributed by atoms with Gasteiger partial charge in [0.2, 0.25) is 6.10 Å². The summed E-state index contributed by atoms with van der Waals surface area (Å²) in [6.45, 7) is 2.70. The average molecular weight is 605 g/mol. The number of ether oxygens (including phenoxy) is 7. The molecule has 0 aromatic heterocycles. The molecule has 224 valence electrons. The molecule has 5 atom stereocenters. The first-order valence-corrected chi connectivity index (χ1v) is 13.8. The van der Waals surface area contributed by atoms with Crippen LogP contribution in [0.2, 0.25) is 0 Å². The maximum atomic E-state index is 15.0. The van der Waals surface area contributed by atoms with E-state index < -0.39 is 54.0 Å². The van der Waals surface area contributed by atoms with Crippen molar-refractivity contribution in [3.05, 3.63) is 102 Å². The summed E-state index contributed by atoms with van der Waals surface area (Å²) < 4.78 is 86.0. The molecule has 5 rings (SSSR count). The highest BCUT2D eigenvalue weighted by molar-refractivity contribution is 7.79. The molecule has 3 aromatic rings. The second kappa shape index (κ2) is 12.7. The number of hydrogen-bond acceptors (Lipinski definition) is 8. The zero-order valence-electron chi connectivity index (χ0n) is 23.0. The number of halogens is 3. The van der Waals surface area contributed by atoms with Gasteiger partial charge >= 0.3 is 11.4 Å². The van der Waals surface area contributed by atoms with Crippen molar-refractivity contribution in [2.24, 2.45) is 0 Å². The Labute approximate surface area is 247 Å². The van der Waals surface area contributed by atoms with Gasteiger partial charge in [-0.3, -0.25) is 0 Å². The van der Waals surface area contributed by atoms with Gasteiger partial charge in [-0.25, -0.2) is 0 Å². The van der Waals surface area contributed by atoms with Crippen molar-refractivity contribution in [2.45, 2.75) is 69.2 Å². The Morgan fingerprint density at radius 1 is 0.833 bits per heavy atom. The van der Waals surface area contributed by atoms with Gasteiger partial charge in [0.1, 0.15) is 18.0 Å². The minimum absolute atomic E-state index is 0.00936. The van der Waals surface area contributed by atoms with Gasteiger partial charge in [0.05, 0.1) is 19.8 Å². The van der Waals surface area contributed by atoms with Crippen LogP contribution in [-0.2, 0) is 41.6 Å². The summed E-state index contributed by atoms with van der Waals surface area (Å²) in [5.74, 6) is -0.909. The van der Waals surface area contributed by atoms with Crippen LogP contribution in [0, 0.1) is 0 Å². The molecule has 2 saturated heterocycles. The van der Waals surface area contributed by atoms with E-state index in [-0.39, 0.29) is 19.0 Å². The molecule has 0 amide bonds. The molecule has 2 aliphatic heterocycles. The third-order valence-electron chi connectivity index (χ3n) is 6.81. The van der Waals surface area contributed by atoms with Gasteiger partial charge < -0.3 is 33.2 Å². The molecule has 0 radical (unpaired) electrons. The lowest BCUT2D eigenvalue weighted by molar-refractivity contribution is -0.318. The highest BCUT2D eigenvalue weighted by Crippen LogP contribution is 2.49. The van der Waals surface area contributed by atoms with Crippen molar-refractivity contribution in [1.29, 1.82) is 0 Å².